The van der Waals surface area contributed by atoms with Gasteiger partial charge in [-0.2, -0.15) is 0 Å². The van der Waals surface area contributed by atoms with E-state index in [-0.39, 0.29) is 5.91 Å². The minimum Gasteiger partial charge on any atom is -0.378 e. The molecule has 18 heavy (non-hydrogen) atoms. The van der Waals surface area contributed by atoms with Crippen molar-refractivity contribution in [3.63, 3.8) is 0 Å². The van der Waals surface area contributed by atoms with Gasteiger partial charge in [0.25, 0.3) is 0 Å². The zero-order chi connectivity index (χ0) is 12.8. The Hall–Kier alpha value is -0.650. The minimum atomic E-state index is 0.242. The molecule has 0 aromatic carbocycles. The molecule has 0 spiro atoms. The summed E-state index contributed by atoms with van der Waals surface area (Å²) >= 11 is 0. The van der Waals surface area contributed by atoms with E-state index in [4.69, 9.17) is 9.47 Å². The van der Waals surface area contributed by atoms with Gasteiger partial charge in [0.2, 0.25) is 5.91 Å². The number of nitrogens with one attached hydrogen (secondary N) is 1. The number of morpholine rings is 1. The Kier molecular flexibility index (Phi) is 5.41. The quantitative estimate of drug-likeness (QED) is 0.790. The summed E-state index contributed by atoms with van der Waals surface area (Å²) in [7, 11) is 0. The number of amides is 1. The molecule has 1 N–H and O–H groups in total. The summed E-state index contributed by atoms with van der Waals surface area (Å²) in [5.41, 5.74) is 0. The molecular weight excluding hydrogens is 232 g/mol. The van der Waals surface area contributed by atoms with Gasteiger partial charge >= 0.3 is 0 Å². The fourth-order valence-electron chi connectivity index (χ4n) is 2.54. The van der Waals surface area contributed by atoms with Gasteiger partial charge in [-0.25, -0.2) is 0 Å². The van der Waals surface area contributed by atoms with Crippen LogP contribution in [0.1, 0.15) is 26.2 Å². The average Bonchev–Trinajstić information content (AvgIpc) is 2.40. The summed E-state index contributed by atoms with van der Waals surface area (Å²) in [6, 6.07) is 0.506. The second kappa shape index (κ2) is 7.07. The van der Waals surface area contributed by atoms with Gasteiger partial charge in [-0.3, -0.25) is 4.79 Å². The first-order valence-corrected chi connectivity index (χ1v) is 6.96. The molecule has 2 saturated heterocycles. The van der Waals surface area contributed by atoms with Crippen LogP contribution in [0.15, 0.2) is 0 Å². The highest BCUT2D eigenvalue weighted by Crippen LogP contribution is 2.13. The first-order chi connectivity index (χ1) is 8.75. The van der Waals surface area contributed by atoms with Crippen molar-refractivity contribution in [1.82, 2.24) is 10.2 Å². The van der Waals surface area contributed by atoms with Crippen molar-refractivity contribution in [2.45, 2.75) is 38.3 Å². The average molecular weight is 256 g/mol. The van der Waals surface area contributed by atoms with Crippen LogP contribution in [0.4, 0.5) is 0 Å². The SMILES string of the molecule is C[C@H]1C[C@@H](NCCC(=O)N2CCOCC2)CCO1. The second-order valence-corrected chi connectivity index (χ2v) is 5.10. The molecule has 2 aliphatic rings. The molecule has 0 unspecified atom stereocenters. The van der Waals surface area contributed by atoms with E-state index in [1.165, 1.54) is 0 Å². The Balaban J connectivity index is 1.60. The van der Waals surface area contributed by atoms with Crippen molar-refractivity contribution < 1.29 is 14.3 Å². The molecule has 0 saturated carbocycles. The van der Waals surface area contributed by atoms with Gasteiger partial charge in [0.1, 0.15) is 0 Å². The molecule has 5 heteroatoms. The highest BCUT2D eigenvalue weighted by atomic mass is 16.5. The predicted octanol–water partition coefficient (Wildman–Crippen LogP) is 0.392. The Morgan fingerprint density at radius 1 is 1.33 bits per heavy atom. The predicted molar refractivity (Wildman–Crippen MR) is 68.5 cm³/mol. The summed E-state index contributed by atoms with van der Waals surface area (Å²) in [6.07, 6.45) is 3.03. The van der Waals surface area contributed by atoms with Crippen LogP contribution < -0.4 is 5.32 Å². The third-order valence-corrected chi connectivity index (χ3v) is 3.62. The largest absolute Gasteiger partial charge is 0.378 e. The van der Waals surface area contributed by atoms with E-state index in [2.05, 4.69) is 12.2 Å². The standard InChI is InChI=1S/C13H24N2O3/c1-11-10-12(3-7-18-11)14-4-2-13(16)15-5-8-17-9-6-15/h11-12,14H,2-10H2,1H3/t11-,12-/m0/s1. The smallest absolute Gasteiger partial charge is 0.224 e. The summed E-state index contributed by atoms with van der Waals surface area (Å²) in [6.45, 7) is 6.55. The van der Waals surface area contributed by atoms with Gasteiger partial charge < -0.3 is 19.7 Å². The zero-order valence-corrected chi connectivity index (χ0v) is 11.2. The highest BCUT2D eigenvalue weighted by Gasteiger charge is 2.20. The number of ether oxygens (including phenoxy) is 2. The maximum absolute atomic E-state index is 11.9. The van der Waals surface area contributed by atoms with E-state index in [0.717, 1.165) is 39.1 Å². The molecule has 2 heterocycles. The number of rotatable bonds is 4. The highest BCUT2D eigenvalue weighted by molar-refractivity contribution is 5.76. The van der Waals surface area contributed by atoms with Gasteiger partial charge in [-0.15, -0.1) is 0 Å². The van der Waals surface area contributed by atoms with Crippen LogP contribution in [-0.4, -0.2) is 62.4 Å². The molecule has 0 aromatic rings. The molecule has 0 bridgehead atoms. The Bertz CT molecular complexity index is 267. The summed E-state index contributed by atoms with van der Waals surface area (Å²) in [5, 5.41) is 3.46. The van der Waals surface area contributed by atoms with Gasteiger partial charge in [-0.1, -0.05) is 0 Å². The lowest BCUT2D eigenvalue weighted by Gasteiger charge is -2.29. The first-order valence-electron chi connectivity index (χ1n) is 6.96. The fraction of sp³-hybridized carbons (Fsp3) is 0.923. The van der Waals surface area contributed by atoms with Crippen molar-refractivity contribution in [1.29, 1.82) is 0 Å². The monoisotopic (exact) mass is 256 g/mol. The van der Waals surface area contributed by atoms with Crippen molar-refractivity contribution in [3.8, 4) is 0 Å². The third-order valence-electron chi connectivity index (χ3n) is 3.62. The number of hydrogen-bond acceptors (Lipinski definition) is 4. The molecule has 2 fully saturated rings. The second-order valence-electron chi connectivity index (χ2n) is 5.10. The molecule has 0 radical (unpaired) electrons. The van der Waals surface area contributed by atoms with Crippen LogP contribution >= 0.6 is 0 Å². The Labute approximate surface area is 109 Å². The molecule has 2 rings (SSSR count). The normalized spacial score (nSPS) is 29.3. The number of carbonyl (C=O) groups excluding carboxylic acids is 1. The maximum Gasteiger partial charge on any atom is 0.224 e. The Morgan fingerprint density at radius 2 is 2.11 bits per heavy atom. The van der Waals surface area contributed by atoms with Gasteiger partial charge in [0, 0.05) is 38.7 Å². The van der Waals surface area contributed by atoms with Crippen molar-refractivity contribution >= 4 is 5.91 Å². The summed E-state index contributed by atoms with van der Waals surface area (Å²) in [5.74, 6) is 0.242. The molecule has 2 aliphatic heterocycles. The Morgan fingerprint density at radius 3 is 2.83 bits per heavy atom. The third kappa shape index (κ3) is 4.23. The lowest BCUT2D eigenvalue weighted by molar-refractivity contribution is -0.135. The number of nitrogens with zero attached hydrogens (tertiary/aromatic N) is 1. The molecule has 5 nitrogen and oxygen atoms in total. The van der Waals surface area contributed by atoms with E-state index >= 15 is 0 Å². The minimum absolute atomic E-state index is 0.242. The van der Waals surface area contributed by atoms with Crippen molar-refractivity contribution in [3.05, 3.63) is 0 Å². The molecule has 0 aromatic heterocycles. The lowest BCUT2D eigenvalue weighted by Crippen LogP contribution is -2.43. The molecular formula is C13H24N2O3. The van der Waals surface area contributed by atoms with Crippen LogP contribution in [0, 0.1) is 0 Å². The van der Waals surface area contributed by atoms with Crippen molar-refractivity contribution in [2.24, 2.45) is 0 Å². The molecule has 1 amide bonds. The van der Waals surface area contributed by atoms with Gasteiger partial charge in [0.05, 0.1) is 19.3 Å². The van der Waals surface area contributed by atoms with E-state index in [9.17, 15) is 4.79 Å². The zero-order valence-electron chi connectivity index (χ0n) is 11.2. The van der Waals surface area contributed by atoms with Gasteiger partial charge in [-0.05, 0) is 19.8 Å². The van der Waals surface area contributed by atoms with Crippen LogP contribution in [0.2, 0.25) is 0 Å². The van der Waals surface area contributed by atoms with Crippen LogP contribution in [-0.2, 0) is 14.3 Å². The first kappa shape index (κ1) is 13.8. The number of hydrogen-bond donors (Lipinski definition) is 1. The van der Waals surface area contributed by atoms with E-state index < -0.39 is 0 Å². The molecule has 0 aliphatic carbocycles. The van der Waals surface area contributed by atoms with E-state index in [1.54, 1.807) is 0 Å². The lowest BCUT2D eigenvalue weighted by atomic mass is 10.0. The van der Waals surface area contributed by atoms with E-state index in [1.807, 2.05) is 4.90 Å². The van der Waals surface area contributed by atoms with Crippen LogP contribution in [0.5, 0.6) is 0 Å². The molecule has 2 atom stereocenters. The summed E-state index contributed by atoms with van der Waals surface area (Å²) < 4.78 is 10.7. The van der Waals surface area contributed by atoms with E-state index in [0.29, 0.717) is 31.8 Å². The van der Waals surface area contributed by atoms with Gasteiger partial charge in [0.15, 0.2) is 0 Å². The topological polar surface area (TPSA) is 50.8 Å². The van der Waals surface area contributed by atoms with Crippen LogP contribution in [0.3, 0.4) is 0 Å². The molecule has 104 valence electrons. The van der Waals surface area contributed by atoms with Crippen LogP contribution in [0.25, 0.3) is 0 Å². The summed E-state index contributed by atoms with van der Waals surface area (Å²) in [4.78, 5) is 13.8. The number of carbonyl (C=O) groups is 1. The van der Waals surface area contributed by atoms with Crippen molar-refractivity contribution in [2.75, 3.05) is 39.5 Å². The fourth-order valence-corrected chi connectivity index (χ4v) is 2.54. The maximum atomic E-state index is 11.9.